The number of ether oxygens (including phenoxy) is 1. The van der Waals surface area contributed by atoms with Crippen LogP contribution in [0.4, 0.5) is 11.5 Å². The zero-order chi connectivity index (χ0) is 15.6. The van der Waals surface area contributed by atoms with Crippen molar-refractivity contribution in [3.63, 3.8) is 0 Å². The molecule has 0 aliphatic carbocycles. The minimum Gasteiger partial charge on any atom is -0.495 e. The standard InChI is InChI=1S/C15H17Cl2N3O/c1-15(2,3)14-19-12(17)8-13(20-14)18-9-5-6-10(16)11(7-9)21-4/h5-8H,1-4H3,(H,18,19,20). The van der Waals surface area contributed by atoms with Gasteiger partial charge in [0, 0.05) is 23.2 Å². The van der Waals surface area contributed by atoms with Crippen molar-refractivity contribution < 1.29 is 4.74 Å². The van der Waals surface area contributed by atoms with Crippen LogP contribution in [0.25, 0.3) is 0 Å². The first-order chi connectivity index (χ1) is 9.79. The van der Waals surface area contributed by atoms with Crippen molar-refractivity contribution >= 4 is 34.7 Å². The smallest absolute Gasteiger partial charge is 0.139 e. The van der Waals surface area contributed by atoms with Gasteiger partial charge in [0.2, 0.25) is 0 Å². The molecule has 2 rings (SSSR count). The van der Waals surface area contributed by atoms with Gasteiger partial charge in [-0.05, 0) is 12.1 Å². The summed E-state index contributed by atoms with van der Waals surface area (Å²) >= 11 is 12.1. The number of methoxy groups -OCH3 is 1. The van der Waals surface area contributed by atoms with Crippen molar-refractivity contribution in [1.82, 2.24) is 9.97 Å². The van der Waals surface area contributed by atoms with Crippen LogP contribution in [0.2, 0.25) is 10.2 Å². The van der Waals surface area contributed by atoms with Crippen molar-refractivity contribution in [2.24, 2.45) is 0 Å². The molecular formula is C15H17Cl2N3O. The number of nitrogens with one attached hydrogen (secondary N) is 1. The van der Waals surface area contributed by atoms with Crippen molar-refractivity contribution in [2.75, 3.05) is 12.4 Å². The number of hydrogen-bond acceptors (Lipinski definition) is 4. The summed E-state index contributed by atoms with van der Waals surface area (Å²) in [6, 6.07) is 7.08. The van der Waals surface area contributed by atoms with Crippen LogP contribution in [-0.2, 0) is 5.41 Å². The lowest BCUT2D eigenvalue weighted by molar-refractivity contribution is 0.415. The van der Waals surface area contributed by atoms with E-state index in [1.54, 1.807) is 25.3 Å². The number of rotatable bonds is 3. The second-order valence-electron chi connectivity index (χ2n) is 5.62. The summed E-state index contributed by atoms with van der Waals surface area (Å²) in [6.07, 6.45) is 0. The molecule has 2 aromatic rings. The van der Waals surface area contributed by atoms with Crippen LogP contribution in [0.1, 0.15) is 26.6 Å². The van der Waals surface area contributed by atoms with Crippen LogP contribution in [0.3, 0.4) is 0 Å². The van der Waals surface area contributed by atoms with Gasteiger partial charge in [0.1, 0.15) is 22.5 Å². The van der Waals surface area contributed by atoms with Gasteiger partial charge in [-0.3, -0.25) is 0 Å². The first-order valence-electron chi connectivity index (χ1n) is 6.45. The Balaban J connectivity index is 2.33. The van der Waals surface area contributed by atoms with E-state index in [0.717, 1.165) is 5.69 Å². The van der Waals surface area contributed by atoms with Crippen LogP contribution in [-0.4, -0.2) is 17.1 Å². The second-order valence-corrected chi connectivity index (χ2v) is 6.42. The molecule has 112 valence electrons. The molecule has 0 fully saturated rings. The molecule has 4 nitrogen and oxygen atoms in total. The summed E-state index contributed by atoms with van der Waals surface area (Å²) in [5.41, 5.74) is 0.629. The Kier molecular flexibility index (Phi) is 4.59. The van der Waals surface area contributed by atoms with E-state index in [2.05, 4.69) is 15.3 Å². The van der Waals surface area contributed by atoms with E-state index in [1.165, 1.54) is 0 Å². The lowest BCUT2D eigenvalue weighted by atomic mass is 9.96. The van der Waals surface area contributed by atoms with Crippen LogP contribution >= 0.6 is 23.2 Å². The highest BCUT2D eigenvalue weighted by Gasteiger charge is 2.19. The van der Waals surface area contributed by atoms with Crippen LogP contribution in [0, 0.1) is 0 Å². The maximum atomic E-state index is 6.07. The van der Waals surface area contributed by atoms with E-state index < -0.39 is 0 Å². The number of anilines is 2. The molecule has 0 aliphatic heterocycles. The number of benzene rings is 1. The highest BCUT2D eigenvalue weighted by Crippen LogP contribution is 2.29. The zero-order valence-electron chi connectivity index (χ0n) is 12.4. The first-order valence-corrected chi connectivity index (χ1v) is 7.21. The molecule has 0 spiro atoms. The Morgan fingerprint density at radius 3 is 2.43 bits per heavy atom. The Hall–Kier alpha value is -1.52. The van der Waals surface area contributed by atoms with E-state index in [0.29, 0.717) is 27.6 Å². The fourth-order valence-corrected chi connectivity index (χ4v) is 2.08. The number of halogens is 2. The van der Waals surface area contributed by atoms with Gasteiger partial charge < -0.3 is 10.1 Å². The van der Waals surface area contributed by atoms with Crippen LogP contribution in [0.15, 0.2) is 24.3 Å². The molecule has 6 heteroatoms. The molecule has 0 saturated heterocycles. The minimum absolute atomic E-state index is 0.182. The lowest BCUT2D eigenvalue weighted by Crippen LogP contribution is -2.16. The van der Waals surface area contributed by atoms with E-state index in [-0.39, 0.29) is 5.41 Å². The molecular weight excluding hydrogens is 309 g/mol. The lowest BCUT2D eigenvalue weighted by Gasteiger charge is -2.18. The maximum absolute atomic E-state index is 6.07. The fourth-order valence-electron chi connectivity index (χ4n) is 1.70. The highest BCUT2D eigenvalue weighted by molar-refractivity contribution is 6.32. The van der Waals surface area contributed by atoms with Crippen molar-refractivity contribution in [1.29, 1.82) is 0 Å². The first kappa shape index (κ1) is 15.9. The third-order valence-corrected chi connectivity index (χ3v) is 3.30. The second kappa shape index (κ2) is 6.08. The number of aromatic nitrogens is 2. The average Bonchev–Trinajstić information content (AvgIpc) is 2.39. The Morgan fingerprint density at radius 1 is 1.10 bits per heavy atom. The van der Waals surface area contributed by atoms with E-state index in [4.69, 9.17) is 27.9 Å². The van der Waals surface area contributed by atoms with E-state index in [9.17, 15) is 0 Å². The van der Waals surface area contributed by atoms with Gasteiger partial charge >= 0.3 is 0 Å². The Morgan fingerprint density at radius 2 is 1.81 bits per heavy atom. The normalized spacial score (nSPS) is 11.3. The monoisotopic (exact) mass is 325 g/mol. The van der Waals surface area contributed by atoms with Crippen molar-refractivity contribution in [3.05, 3.63) is 40.3 Å². The topological polar surface area (TPSA) is 47.0 Å². The van der Waals surface area contributed by atoms with Gasteiger partial charge in [0.05, 0.1) is 12.1 Å². The zero-order valence-corrected chi connectivity index (χ0v) is 13.9. The molecule has 1 N–H and O–H groups in total. The third kappa shape index (κ3) is 3.99. The number of hydrogen-bond donors (Lipinski definition) is 1. The minimum atomic E-state index is -0.182. The van der Waals surface area contributed by atoms with Gasteiger partial charge in [-0.1, -0.05) is 44.0 Å². The highest BCUT2D eigenvalue weighted by atomic mass is 35.5. The predicted molar refractivity (Wildman–Crippen MR) is 87.0 cm³/mol. The average molecular weight is 326 g/mol. The molecule has 21 heavy (non-hydrogen) atoms. The molecule has 0 radical (unpaired) electrons. The summed E-state index contributed by atoms with van der Waals surface area (Å²) < 4.78 is 5.19. The van der Waals surface area contributed by atoms with Crippen LogP contribution in [0.5, 0.6) is 5.75 Å². The number of nitrogens with zero attached hydrogens (tertiary/aromatic N) is 2. The van der Waals surface area contributed by atoms with Gasteiger partial charge in [-0.25, -0.2) is 9.97 Å². The predicted octanol–water partition coefficient (Wildman–Crippen LogP) is 4.83. The summed E-state index contributed by atoms with van der Waals surface area (Å²) in [7, 11) is 1.57. The largest absolute Gasteiger partial charge is 0.495 e. The molecule has 1 aromatic heterocycles. The molecule has 1 heterocycles. The maximum Gasteiger partial charge on any atom is 0.139 e. The quantitative estimate of drug-likeness (QED) is 0.821. The Bertz CT molecular complexity index is 654. The molecule has 0 aliphatic rings. The van der Waals surface area contributed by atoms with Gasteiger partial charge in [0.15, 0.2) is 0 Å². The van der Waals surface area contributed by atoms with E-state index in [1.807, 2.05) is 26.8 Å². The van der Waals surface area contributed by atoms with Gasteiger partial charge in [-0.15, -0.1) is 0 Å². The molecule has 0 unspecified atom stereocenters. The SMILES string of the molecule is COc1cc(Nc2cc(Cl)nc(C(C)(C)C)n2)ccc1Cl. The molecule has 1 aromatic carbocycles. The molecule has 0 atom stereocenters. The summed E-state index contributed by atoms with van der Waals surface area (Å²) in [5, 5.41) is 4.14. The third-order valence-electron chi connectivity index (χ3n) is 2.79. The van der Waals surface area contributed by atoms with Crippen LogP contribution < -0.4 is 10.1 Å². The van der Waals surface area contributed by atoms with Gasteiger partial charge in [-0.2, -0.15) is 0 Å². The summed E-state index contributed by atoms with van der Waals surface area (Å²) in [6.45, 7) is 6.11. The molecule has 0 amide bonds. The van der Waals surface area contributed by atoms with Gasteiger partial charge in [0.25, 0.3) is 0 Å². The Labute approximate surface area is 134 Å². The van der Waals surface area contributed by atoms with E-state index >= 15 is 0 Å². The summed E-state index contributed by atoms with van der Waals surface area (Å²) in [5.74, 6) is 1.90. The van der Waals surface area contributed by atoms with Crippen molar-refractivity contribution in [3.8, 4) is 5.75 Å². The fraction of sp³-hybridized carbons (Fsp3) is 0.333. The van der Waals surface area contributed by atoms with Crippen molar-refractivity contribution in [2.45, 2.75) is 26.2 Å². The molecule has 0 bridgehead atoms. The molecule has 0 saturated carbocycles. The summed E-state index contributed by atoms with van der Waals surface area (Å²) in [4.78, 5) is 8.76.